The van der Waals surface area contributed by atoms with Gasteiger partial charge in [-0.3, -0.25) is 4.79 Å². The summed E-state index contributed by atoms with van der Waals surface area (Å²) < 4.78 is 43.0. The summed E-state index contributed by atoms with van der Waals surface area (Å²) in [6, 6.07) is 6.49. The van der Waals surface area contributed by atoms with E-state index in [1.54, 1.807) is 18.2 Å². The van der Waals surface area contributed by atoms with Crippen LogP contribution in [0.5, 0.6) is 0 Å². The first-order valence-electron chi connectivity index (χ1n) is 5.15. The predicted octanol–water partition coefficient (Wildman–Crippen LogP) is 2.99. The van der Waals surface area contributed by atoms with E-state index in [1.165, 1.54) is 12.3 Å². The van der Waals surface area contributed by atoms with E-state index < -0.39 is 18.1 Å². The third-order valence-electron chi connectivity index (χ3n) is 2.70. The van der Waals surface area contributed by atoms with E-state index in [2.05, 4.69) is 9.72 Å². The molecule has 0 radical (unpaired) electrons. The van der Waals surface area contributed by atoms with E-state index in [4.69, 9.17) is 0 Å². The molecular formula is C12H10F3NO2. The first-order chi connectivity index (χ1) is 8.45. The van der Waals surface area contributed by atoms with Crippen LogP contribution >= 0.6 is 0 Å². The zero-order valence-corrected chi connectivity index (χ0v) is 9.41. The minimum atomic E-state index is -4.68. The highest BCUT2D eigenvalue weighted by molar-refractivity contribution is 5.90. The molecule has 1 aromatic carbocycles. The lowest BCUT2D eigenvalue weighted by atomic mass is 9.98. The maximum Gasteiger partial charge on any atom is 0.406 e. The lowest BCUT2D eigenvalue weighted by Gasteiger charge is -2.17. The van der Waals surface area contributed by atoms with Crippen LogP contribution in [0.15, 0.2) is 30.5 Å². The van der Waals surface area contributed by atoms with E-state index in [0.29, 0.717) is 10.9 Å². The maximum absolute atomic E-state index is 12.9. The summed E-state index contributed by atoms with van der Waals surface area (Å²) in [5, 5.41) is 0.366. The van der Waals surface area contributed by atoms with Crippen molar-refractivity contribution < 1.29 is 22.7 Å². The summed E-state index contributed by atoms with van der Waals surface area (Å²) in [7, 11) is 0.940. The molecule has 2 rings (SSSR count). The number of hydrogen-bond donors (Lipinski definition) is 1. The van der Waals surface area contributed by atoms with Crippen LogP contribution in [0, 0.1) is 0 Å². The van der Waals surface area contributed by atoms with Crippen molar-refractivity contribution in [3.63, 3.8) is 0 Å². The number of aromatic amines is 1. The first-order valence-corrected chi connectivity index (χ1v) is 5.15. The van der Waals surface area contributed by atoms with Gasteiger partial charge >= 0.3 is 12.1 Å². The van der Waals surface area contributed by atoms with Crippen LogP contribution in [0.1, 0.15) is 11.5 Å². The summed E-state index contributed by atoms with van der Waals surface area (Å²) >= 11 is 0. The maximum atomic E-state index is 12.9. The van der Waals surface area contributed by atoms with Crippen molar-refractivity contribution in [2.75, 3.05) is 7.11 Å². The highest BCUT2D eigenvalue weighted by Gasteiger charge is 2.47. The summed E-state index contributed by atoms with van der Waals surface area (Å²) in [5.41, 5.74) is 0.426. The van der Waals surface area contributed by atoms with Crippen LogP contribution in [0.4, 0.5) is 13.2 Å². The molecule has 2 aromatic rings. The van der Waals surface area contributed by atoms with Gasteiger partial charge in [0.25, 0.3) is 0 Å². The van der Waals surface area contributed by atoms with E-state index >= 15 is 0 Å². The van der Waals surface area contributed by atoms with Crippen molar-refractivity contribution >= 4 is 16.9 Å². The molecule has 0 saturated carbocycles. The molecule has 1 heterocycles. The van der Waals surface area contributed by atoms with Crippen molar-refractivity contribution in [2.45, 2.75) is 12.1 Å². The van der Waals surface area contributed by atoms with E-state index in [-0.39, 0.29) is 5.56 Å². The SMILES string of the molecule is COC(=O)[C@H](c1c[nH]c2ccccc12)C(F)(F)F. The van der Waals surface area contributed by atoms with Gasteiger partial charge in [-0.15, -0.1) is 0 Å². The second-order valence-corrected chi connectivity index (χ2v) is 3.79. The third kappa shape index (κ3) is 2.05. The molecule has 0 spiro atoms. The average Bonchev–Trinajstić information content (AvgIpc) is 2.71. The quantitative estimate of drug-likeness (QED) is 0.840. The molecule has 18 heavy (non-hydrogen) atoms. The number of alkyl halides is 3. The number of esters is 1. The van der Waals surface area contributed by atoms with Gasteiger partial charge in [0.2, 0.25) is 0 Å². The van der Waals surface area contributed by atoms with E-state index in [9.17, 15) is 18.0 Å². The van der Waals surface area contributed by atoms with Gasteiger partial charge in [-0.1, -0.05) is 18.2 Å². The molecule has 1 N–H and O–H groups in total. The van der Waals surface area contributed by atoms with Gasteiger partial charge in [0, 0.05) is 22.7 Å². The molecule has 96 valence electrons. The minimum Gasteiger partial charge on any atom is -0.468 e. The first kappa shape index (κ1) is 12.5. The highest BCUT2D eigenvalue weighted by atomic mass is 19.4. The number of H-pyrrole nitrogens is 1. The fourth-order valence-electron chi connectivity index (χ4n) is 1.89. The number of benzene rings is 1. The molecule has 0 amide bonds. The molecule has 0 bridgehead atoms. The number of carbonyl (C=O) groups is 1. The number of fused-ring (bicyclic) bond motifs is 1. The van der Waals surface area contributed by atoms with E-state index in [0.717, 1.165) is 7.11 Å². The van der Waals surface area contributed by atoms with E-state index in [1.807, 2.05) is 0 Å². The molecule has 0 saturated heterocycles. The molecule has 0 aliphatic rings. The lowest BCUT2D eigenvalue weighted by Crippen LogP contribution is -2.29. The Morgan fingerprint density at radius 1 is 1.33 bits per heavy atom. The van der Waals surface area contributed by atoms with Gasteiger partial charge in [-0.05, 0) is 6.07 Å². The van der Waals surface area contributed by atoms with Gasteiger partial charge in [-0.25, -0.2) is 0 Å². The van der Waals surface area contributed by atoms with Crippen LogP contribution in [-0.4, -0.2) is 24.2 Å². The second-order valence-electron chi connectivity index (χ2n) is 3.79. The van der Waals surface area contributed by atoms with Gasteiger partial charge in [0.05, 0.1) is 7.11 Å². The van der Waals surface area contributed by atoms with Crippen LogP contribution in [0.25, 0.3) is 10.9 Å². The molecule has 0 unspecified atom stereocenters. The summed E-state index contributed by atoms with van der Waals surface area (Å²) in [4.78, 5) is 14.1. The Labute approximate surface area is 101 Å². The number of hydrogen-bond acceptors (Lipinski definition) is 2. The Bertz CT molecular complexity index is 574. The number of aromatic nitrogens is 1. The smallest absolute Gasteiger partial charge is 0.406 e. The Balaban J connectivity index is 2.58. The van der Waals surface area contributed by atoms with Gasteiger partial charge in [0.15, 0.2) is 5.92 Å². The molecule has 0 aliphatic heterocycles. The zero-order valence-electron chi connectivity index (χ0n) is 9.41. The van der Waals surface area contributed by atoms with Gasteiger partial charge in [-0.2, -0.15) is 13.2 Å². The summed E-state index contributed by atoms with van der Waals surface area (Å²) in [5.74, 6) is -3.58. The molecule has 0 fully saturated rings. The summed E-state index contributed by atoms with van der Waals surface area (Å²) in [6.45, 7) is 0. The van der Waals surface area contributed by atoms with Gasteiger partial charge < -0.3 is 9.72 Å². The highest BCUT2D eigenvalue weighted by Crippen LogP contribution is 2.38. The van der Waals surface area contributed by atoms with Crippen LogP contribution in [0.3, 0.4) is 0 Å². The minimum absolute atomic E-state index is 0.120. The predicted molar refractivity (Wildman–Crippen MR) is 59.1 cm³/mol. The Morgan fingerprint density at radius 3 is 2.61 bits per heavy atom. The standard InChI is InChI=1S/C12H10F3NO2/c1-18-11(17)10(12(13,14)15)8-6-16-9-5-3-2-4-7(8)9/h2-6,10,16H,1H3/t10-/m0/s1. The van der Waals surface area contributed by atoms with Crippen LogP contribution < -0.4 is 0 Å². The molecule has 1 aromatic heterocycles. The molecule has 3 nitrogen and oxygen atoms in total. The number of halogens is 3. The number of carbonyl (C=O) groups excluding carboxylic acids is 1. The van der Waals surface area contributed by atoms with Crippen molar-refractivity contribution in [1.82, 2.24) is 4.98 Å². The van der Waals surface area contributed by atoms with Crippen LogP contribution in [-0.2, 0) is 9.53 Å². The number of ether oxygens (including phenoxy) is 1. The number of para-hydroxylation sites is 1. The second kappa shape index (κ2) is 4.36. The molecule has 6 heteroatoms. The number of rotatable bonds is 2. The Kier molecular flexibility index (Phi) is 3.02. The fraction of sp³-hybridized carbons (Fsp3) is 0.250. The van der Waals surface area contributed by atoms with Crippen molar-refractivity contribution in [3.05, 3.63) is 36.0 Å². The Morgan fingerprint density at radius 2 is 2.00 bits per heavy atom. The largest absolute Gasteiger partial charge is 0.468 e. The average molecular weight is 257 g/mol. The third-order valence-corrected chi connectivity index (χ3v) is 2.70. The van der Waals surface area contributed by atoms with Gasteiger partial charge in [0.1, 0.15) is 0 Å². The molecule has 1 atom stereocenters. The zero-order chi connectivity index (χ0) is 13.3. The fourth-order valence-corrected chi connectivity index (χ4v) is 1.89. The topological polar surface area (TPSA) is 42.1 Å². The number of methoxy groups -OCH3 is 1. The summed E-state index contributed by atoms with van der Waals surface area (Å²) in [6.07, 6.45) is -3.49. The normalized spacial score (nSPS) is 13.6. The van der Waals surface area contributed by atoms with Crippen molar-refractivity contribution in [2.24, 2.45) is 0 Å². The van der Waals surface area contributed by atoms with Crippen LogP contribution in [0.2, 0.25) is 0 Å². The van der Waals surface area contributed by atoms with Crippen molar-refractivity contribution in [3.8, 4) is 0 Å². The Hall–Kier alpha value is -1.98. The molecular weight excluding hydrogens is 247 g/mol. The number of nitrogens with one attached hydrogen (secondary N) is 1. The van der Waals surface area contributed by atoms with Crippen molar-refractivity contribution in [1.29, 1.82) is 0 Å². The lowest BCUT2D eigenvalue weighted by molar-refractivity contribution is -0.179. The molecule has 0 aliphatic carbocycles. The monoisotopic (exact) mass is 257 g/mol.